The van der Waals surface area contributed by atoms with Crippen LogP contribution in [0.15, 0.2) is 46.8 Å². The molecule has 0 saturated heterocycles. The fraction of sp³-hybridized carbons (Fsp3) is 0.222. The van der Waals surface area contributed by atoms with Crippen molar-refractivity contribution in [2.24, 2.45) is 0 Å². The van der Waals surface area contributed by atoms with E-state index in [-0.39, 0.29) is 0 Å². The van der Waals surface area contributed by atoms with Gasteiger partial charge in [0.15, 0.2) is 4.34 Å². The molecule has 24 heavy (non-hydrogen) atoms. The van der Waals surface area contributed by atoms with E-state index in [0.29, 0.717) is 0 Å². The Morgan fingerprint density at radius 1 is 1.12 bits per heavy atom. The summed E-state index contributed by atoms with van der Waals surface area (Å²) in [5.74, 6) is 1.72. The smallest absolute Gasteiger partial charge is 0.210 e. The Hall–Kier alpha value is -2.05. The van der Waals surface area contributed by atoms with E-state index < -0.39 is 0 Å². The minimum absolute atomic E-state index is 0.784. The average Bonchev–Trinajstić information content (AvgIpc) is 3.03. The molecule has 0 spiro atoms. The monoisotopic (exact) mass is 357 g/mol. The minimum Gasteiger partial charge on any atom is -0.497 e. The first kappa shape index (κ1) is 16.8. The summed E-state index contributed by atoms with van der Waals surface area (Å²) in [4.78, 5) is 0. The third-order valence-electron chi connectivity index (χ3n) is 3.58. The number of aryl methyl sites for hydroxylation is 2. The second kappa shape index (κ2) is 7.68. The predicted molar refractivity (Wildman–Crippen MR) is 102 cm³/mol. The summed E-state index contributed by atoms with van der Waals surface area (Å²) in [7, 11) is 1.66. The number of hydrogen-bond donors (Lipinski definition) is 1. The lowest BCUT2D eigenvalue weighted by Gasteiger charge is -2.05. The molecule has 2 aromatic carbocycles. The molecule has 1 N–H and O–H groups in total. The van der Waals surface area contributed by atoms with Gasteiger partial charge in [0.25, 0.3) is 0 Å². The Morgan fingerprint density at radius 3 is 2.83 bits per heavy atom. The summed E-state index contributed by atoms with van der Waals surface area (Å²) >= 11 is 3.27. The number of aromatic nitrogens is 2. The topological polar surface area (TPSA) is 47.0 Å². The number of ether oxygens (including phenoxy) is 1. The van der Waals surface area contributed by atoms with E-state index in [9.17, 15) is 0 Å². The number of rotatable bonds is 6. The maximum Gasteiger partial charge on any atom is 0.210 e. The third-order valence-corrected chi connectivity index (χ3v) is 5.60. The van der Waals surface area contributed by atoms with Gasteiger partial charge in [0, 0.05) is 17.5 Å². The fourth-order valence-electron chi connectivity index (χ4n) is 2.24. The van der Waals surface area contributed by atoms with Crippen molar-refractivity contribution < 1.29 is 4.74 Å². The summed E-state index contributed by atoms with van der Waals surface area (Å²) in [5.41, 5.74) is 4.88. The summed E-state index contributed by atoms with van der Waals surface area (Å²) in [6, 6.07) is 14.3. The Morgan fingerprint density at radius 2 is 2.00 bits per heavy atom. The zero-order valence-corrected chi connectivity index (χ0v) is 15.5. The molecule has 0 aliphatic carbocycles. The molecule has 0 aliphatic heterocycles. The van der Waals surface area contributed by atoms with Crippen molar-refractivity contribution in [1.29, 1.82) is 0 Å². The van der Waals surface area contributed by atoms with Crippen LogP contribution in [0.5, 0.6) is 5.75 Å². The number of nitrogens with one attached hydrogen (secondary N) is 1. The molecule has 124 valence electrons. The van der Waals surface area contributed by atoms with E-state index in [4.69, 9.17) is 4.74 Å². The molecule has 6 heteroatoms. The highest BCUT2D eigenvalue weighted by molar-refractivity contribution is 8.00. The third kappa shape index (κ3) is 4.27. The van der Waals surface area contributed by atoms with Crippen molar-refractivity contribution in [2.75, 3.05) is 12.4 Å². The highest BCUT2D eigenvalue weighted by atomic mass is 32.2. The van der Waals surface area contributed by atoms with E-state index in [1.54, 1.807) is 30.2 Å². The first-order valence-corrected chi connectivity index (χ1v) is 9.38. The molecule has 4 nitrogen and oxygen atoms in total. The summed E-state index contributed by atoms with van der Waals surface area (Å²) in [5, 5.41) is 12.5. The van der Waals surface area contributed by atoms with Gasteiger partial charge >= 0.3 is 0 Å². The molecule has 0 atom stereocenters. The van der Waals surface area contributed by atoms with Gasteiger partial charge in [0.05, 0.1) is 7.11 Å². The summed E-state index contributed by atoms with van der Waals surface area (Å²) in [6.07, 6.45) is 0. The van der Waals surface area contributed by atoms with Gasteiger partial charge in [0.1, 0.15) is 5.75 Å². The van der Waals surface area contributed by atoms with E-state index >= 15 is 0 Å². The van der Waals surface area contributed by atoms with E-state index in [1.807, 2.05) is 24.3 Å². The largest absolute Gasteiger partial charge is 0.497 e. The Labute approximate surface area is 150 Å². The Bertz CT molecular complexity index is 833. The first-order valence-electron chi connectivity index (χ1n) is 7.57. The Balaban J connectivity index is 1.64. The molecule has 0 unspecified atom stereocenters. The van der Waals surface area contributed by atoms with Crippen LogP contribution in [-0.2, 0) is 5.75 Å². The molecule has 1 heterocycles. The molecule has 0 aliphatic rings. The lowest BCUT2D eigenvalue weighted by molar-refractivity contribution is 0.415. The van der Waals surface area contributed by atoms with Crippen LogP contribution in [0.1, 0.15) is 16.7 Å². The van der Waals surface area contributed by atoms with Gasteiger partial charge in [-0.05, 0) is 37.1 Å². The molecular formula is C18H19N3OS2. The quantitative estimate of drug-likeness (QED) is 0.614. The molecule has 3 rings (SSSR count). The second-order valence-electron chi connectivity index (χ2n) is 5.45. The van der Waals surface area contributed by atoms with Gasteiger partial charge in [-0.25, -0.2) is 0 Å². The molecule has 0 bridgehead atoms. The van der Waals surface area contributed by atoms with Crippen LogP contribution in [0.25, 0.3) is 0 Å². The molecule has 0 saturated carbocycles. The zero-order chi connectivity index (χ0) is 16.9. The lowest BCUT2D eigenvalue weighted by Crippen LogP contribution is -1.90. The number of hydrogen-bond acceptors (Lipinski definition) is 6. The maximum absolute atomic E-state index is 5.23. The number of benzene rings is 2. The van der Waals surface area contributed by atoms with Crippen LogP contribution in [0.2, 0.25) is 0 Å². The van der Waals surface area contributed by atoms with Crippen LogP contribution in [0.3, 0.4) is 0 Å². The normalized spacial score (nSPS) is 10.6. The van der Waals surface area contributed by atoms with Crippen LogP contribution in [0, 0.1) is 13.8 Å². The van der Waals surface area contributed by atoms with E-state index in [2.05, 4.69) is 47.6 Å². The van der Waals surface area contributed by atoms with Crippen molar-refractivity contribution in [3.05, 3.63) is 59.2 Å². The highest BCUT2D eigenvalue weighted by Gasteiger charge is 2.07. The van der Waals surface area contributed by atoms with Crippen LogP contribution in [0.4, 0.5) is 10.8 Å². The molecule has 0 amide bonds. The SMILES string of the molecule is COc1cccc(Nc2nnc(SCc3cc(C)ccc3C)s2)c1. The minimum atomic E-state index is 0.784. The van der Waals surface area contributed by atoms with Crippen LogP contribution >= 0.6 is 23.1 Å². The van der Waals surface area contributed by atoms with Gasteiger partial charge in [-0.3, -0.25) is 0 Å². The van der Waals surface area contributed by atoms with Crippen molar-refractivity contribution in [3.8, 4) is 5.75 Å². The van der Waals surface area contributed by atoms with Gasteiger partial charge in [-0.2, -0.15) is 0 Å². The predicted octanol–water partition coefficient (Wildman–Crippen LogP) is 5.20. The van der Waals surface area contributed by atoms with Gasteiger partial charge in [-0.15, -0.1) is 10.2 Å². The zero-order valence-electron chi connectivity index (χ0n) is 13.9. The van der Waals surface area contributed by atoms with Crippen molar-refractivity contribution >= 4 is 33.9 Å². The molecular weight excluding hydrogens is 338 g/mol. The Kier molecular flexibility index (Phi) is 5.37. The number of methoxy groups -OCH3 is 1. The van der Waals surface area contributed by atoms with Crippen molar-refractivity contribution in [1.82, 2.24) is 10.2 Å². The number of thioether (sulfide) groups is 1. The van der Waals surface area contributed by atoms with Crippen LogP contribution in [-0.4, -0.2) is 17.3 Å². The van der Waals surface area contributed by atoms with Crippen molar-refractivity contribution in [2.45, 2.75) is 23.9 Å². The number of anilines is 2. The van der Waals surface area contributed by atoms with Crippen molar-refractivity contribution in [3.63, 3.8) is 0 Å². The molecule has 1 aromatic heterocycles. The fourth-order valence-corrected chi connectivity index (χ4v) is 4.07. The summed E-state index contributed by atoms with van der Waals surface area (Å²) in [6.45, 7) is 4.26. The van der Waals surface area contributed by atoms with E-state index in [0.717, 1.165) is 26.7 Å². The lowest BCUT2D eigenvalue weighted by atomic mass is 10.1. The summed E-state index contributed by atoms with van der Waals surface area (Å²) < 4.78 is 6.19. The first-order chi connectivity index (χ1) is 11.6. The average molecular weight is 358 g/mol. The van der Waals surface area contributed by atoms with Gasteiger partial charge in [-0.1, -0.05) is 52.9 Å². The molecule has 0 radical (unpaired) electrons. The number of nitrogens with zero attached hydrogens (tertiary/aromatic N) is 2. The van der Waals surface area contributed by atoms with Gasteiger partial charge < -0.3 is 10.1 Å². The molecule has 3 aromatic rings. The molecule has 0 fully saturated rings. The standard InChI is InChI=1S/C18H19N3OS2/c1-12-7-8-13(2)14(9-12)11-23-18-21-20-17(24-18)19-15-5-4-6-16(10-15)22-3/h4-10H,11H2,1-3H3,(H,19,20). The van der Waals surface area contributed by atoms with Crippen LogP contribution < -0.4 is 10.1 Å². The van der Waals surface area contributed by atoms with Gasteiger partial charge in [0.2, 0.25) is 5.13 Å². The van der Waals surface area contributed by atoms with E-state index in [1.165, 1.54) is 16.7 Å². The highest BCUT2D eigenvalue weighted by Crippen LogP contribution is 2.31. The second-order valence-corrected chi connectivity index (χ2v) is 7.65. The maximum atomic E-state index is 5.23.